The first-order valence-electron chi connectivity index (χ1n) is 5.99. The normalized spacial score (nSPS) is 10.5. The molecule has 0 saturated heterocycles. The highest BCUT2D eigenvalue weighted by Gasteiger charge is 2.03. The smallest absolute Gasteiger partial charge is 0.0540 e. The van der Waals surface area contributed by atoms with Crippen LogP contribution in [0.25, 0.3) is 21.8 Å². The first kappa shape index (κ1) is 10.9. The second kappa shape index (κ2) is 4.56. The van der Waals surface area contributed by atoms with Gasteiger partial charge in [-0.1, -0.05) is 30.0 Å². The van der Waals surface area contributed by atoms with Crippen LogP contribution in [-0.2, 0) is 0 Å². The van der Waals surface area contributed by atoms with Crippen LogP contribution < -0.4 is 0 Å². The number of fused-ring (bicyclic) bond motifs is 3. The molecular formula is C16H13NO. The molecule has 0 bridgehead atoms. The van der Waals surface area contributed by atoms with Crippen LogP contribution in [0.4, 0.5) is 0 Å². The molecule has 3 rings (SSSR count). The lowest BCUT2D eigenvalue weighted by Crippen LogP contribution is -1.78. The van der Waals surface area contributed by atoms with Crippen LogP contribution in [0.3, 0.4) is 0 Å². The largest absolute Gasteiger partial charge is 0.395 e. The summed E-state index contributed by atoms with van der Waals surface area (Å²) in [5.41, 5.74) is 3.26. The number of para-hydroxylation sites is 1. The van der Waals surface area contributed by atoms with Gasteiger partial charge in [-0.15, -0.1) is 0 Å². The predicted octanol–water partition coefficient (Wildman–Crippen LogP) is 3.06. The summed E-state index contributed by atoms with van der Waals surface area (Å²) in [6, 6.07) is 14.4. The Morgan fingerprint density at radius 1 is 1.00 bits per heavy atom. The number of aromatic nitrogens is 1. The standard InChI is InChI=1S/C16H13NO/c18-10-4-3-5-12-8-9-16-14(11-12)13-6-1-2-7-15(13)17-16/h1-2,6-9,11,17-18H,4,10H2. The minimum absolute atomic E-state index is 0.113. The van der Waals surface area contributed by atoms with Gasteiger partial charge < -0.3 is 10.1 Å². The monoisotopic (exact) mass is 235 g/mol. The van der Waals surface area contributed by atoms with Crippen LogP contribution in [0.1, 0.15) is 12.0 Å². The molecule has 0 aliphatic rings. The zero-order valence-corrected chi connectivity index (χ0v) is 9.90. The lowest BCUT2D eigenvalue weighted by molar-refractivity contribution is 0.305. The third kappa shape index (κ3) is 1.85. The van der Waals surface area contributed by atoms with E-state index in [1.807, 2.05) is 18.2 Å². The number of hydrogen-bond donors (Lipinski definition) is 2. The van der Waals surface area contributed by atoms with Gasteiger partial charge in [-0.3, -0.25) is 0 Å². The highest BCUT2D eigenvalue weighted by atomic mass is 16.2. The zero-order valence-electron chi connectivity index (χ0n) is 9.90. The van der Waals surface area contributed by atoms with Gasteiger partial charge >= 0.3 is 0 Å². The van der Waals surface area contributed by atoms with Gasteiger partial charge in [-0.2, -0.15) is 0 Å². The maximum absolute atomic E-state index is 8.72. The van der Waals surface area contributed by atoms with Crippen molar-refractivity contribution >= 4 is 21.8 Å². The molecule has 0 amide bonds. The van der Waals surface area contributed by atoms with Crippen molar-refractivity contribution in [1.82, 2.24) is 4.98 Å². The maximum atomic E-state index is 8.72. The molecule has 0 unspecified atom stereocenters. The summed E-state index contributed by atoms with van der Waals surface area (Å²) in [5.74, 6) is 6.01. The molecule has 2 aromatic carbocycles. The second-order valence-electron chi connectivity index (χ2n) is 4.21. The Hall–Kier alpha value is -2.24. The minimum Gasteiger partial charge on any atom is -0.395 e. The average Bonchev–Trinajstić information content (AvgIpc) is 2.77. The quantitative estimate of drug-likeness (QED) is 0.625. The maximum Gasteiger partial charge on any atom is 0.0540 e. The van der Waals surface area contributed by atoms with Crippen molar-refractivity contribution < 1.29 is 5.11 Å². The van der Waals surface area contributed by atoms with E-state index in [9.17, 15) is 0 Å². The third-order valence-corrected chi connectivity index (χ3v) is 2.98. The molecule has 0 fully saturated rings. The first-order valence-corrected chi connectivity index (χ1v) is 5.99. The highest BCUT2D eigenvalue weighted by molar-refractivity contribution is 6.07. The number of aliphatic hydroxyl groups excluding tert-OH is 1. The SMILES string of the molecule is OCCC#Cc1ccc2[nH]c3ccccc3c2c1. The first-order chi connectivity index (χ1) is 8.88. The molecule has 3 aromatic rings. The predicted molar refractivity (Wildman–Crippen MR) is 74.4 cm³/mol. The van der Waals surface area contributed by atoms with E-state index >= 15 is 0 Å². The number of nitrogens with one attached hydrogen (secondary N) is 1. The summed E-state index contributed by atoms with van der Waals surface area (Å²) in [7, 11) is 0. The molecule has 0 aliphatic heterocycles. The third-order valence-electron chi connectivity index (χ3n) is 2.98. The highest BCUT2D eigenvalue weighted by Crippen LogP contribution is 2.25. The van der Waals surface area contributed by atoms with E-state index < -0.39 is 0 Å². The van der Waals surface area contributed by atoms with Gasteiger partial charge in [0, 0.05) is 33.8 Å². The topological polar surface area (TPSA) is 36.0 Å². The van der Waals surface area contributed by atoms with Crippen molar-refractivity contribution in [3.63, 3.8) is 0 Å². The van der Waals surface area contributed by atoms with E-state index in [1.54, 1.807) is 0 Å². The molecule has 0 atom stereocenters. The van der Waals surface area contributed by atoms with E-state index in [0.717, 1.165) is 16.6 Å². The van der Waals surface area contributed by atoms with E-state index in [2.05, 4.69) is 41.1 Å². The summed E-state index contributed by atoms with van der Waals surface area (Å²) in [5, 5.41) is 11.1. The van der Waals surface area contributed by atoms with Crippen molar-refractivity contribution in [3.05, 3.63) is 48.0 Å². The number of aliphatic hydroxyl groups is 1. The van der Waals surface area contributed by atoms with E-state index in [-0.39, 0.29) is 6.61 Å². The molecule has 0 aliphatic carbocycles. The Morgan fingerprint density at radius 2 is 1.83 bits per heavy atom. The molecule has 0 spiro atoms. The molecule has 1 heterocycles. The molecule has 2 N–H and O–H groups in total. The van der Waals surface area contributed by atoms with Gasteiger partial charge in [0.1, 0.15) is 0 Å². The van der Waals surface area contributed by atoms with Crippen LogP contribution in [0.2, 0.25) is 0 Å². The molecular weight excluding hydrogens is 222 g/mol. The summed E-state index contributed by atoms with van der Waals surface area (Å²) < 4.78 is 0. The Kier molecular flexibility index (Phi) is 2.76. The molecule has 2 heteroatoms. The van der Waals surface area contributed by atoms with Gasteiger partial charge in [0.2, 0.25) is 0 Å². The van der Waals surface area contributed by atoms with Crippen molar-refractivity contribution in [2.75, 3.05) is 6.61 Å². The average molecular weight is 235 g/mol. The fourth-order valence-corrected chi connectivity index (χ4v) is 2.15. The van der Waals surface area contributed by atoms with Gasteiger partial charge in [-0.25, -0.2) is 0 Å². The Balaban J connectivity index is 2.16. The van der Waals surface area contributed by atoms with Crippen molar-refractivity contribution in [2.24, 2.45) is 0 Å². The lowest BCUT2D eigenvalue weighted by Gasteiger charge is -1.93. The second-order valence-corrected chi connectivity index (χ2v) is 4.21. The number of benzene rings is 2. The van der Waals surface area contributed by atoms with E-state index in [1.165, 1.54) is 10.8 Å². The fraction of sp³-hybridized carbons (Fsp3) is 0.125. The van der Waals surface area contributed by atoms with Crippen LogP contribution in [0.15, 0.2) is 42.5 Å². The number of rotatable bonds is 1. The molecule has 88 valence electrons. The Labute approximate surface area is 105 Å². The van der Waals surface area contributed by atoms with Gasteiger partial charge in [0.05, 0.1) is 6.61 Å². The number of H-pyrrole nitrogens is 1. The number of hydrogen-bond acceptors (Lipinski definition) is 1. The minimum atomic E-state index is 0.113. The number of aromatic amines is 1. The summed E-state index contributed by atoms with van der Waals surface area (Å²) in [6.45, 7) is 0.113. The van der Waals surface area contributed by atoms with Crippen molar-refractivity contribution in [3.8, 4) is 11.8 Å². The summed E-state index contributed by atoms with van der Waals surface area (Å²) in [4.78, 5) is 3.38. The molecule has 18 heavy (non-hydrogen) atoms. The summed E-state index contributed by atoms with van der Waals surface area (Å²) in [6.07, 6.45) is 0.520. The fourth-order valence-electron chi connectivity index (χ4n) is 2.15. The van der Waals surface area contributed by atoms with Crippen LogP contribution in [0, 0.1) is 11.8 Å². The van der Waals surface area contributed by atoms with Gasteiger partial charge in [-0.05, 0) is 24.3 Å². The zero-order chi connectivity index (χ0) is 12.4. The van der Waals surface area contributed by atoms with Crippen molar-refractivity contribution in [2.45, 2.75) is 6.42 Å². The molecule has 2 nitrogen and oxygen atoms in total. The van der Waals surface area contributed by atoms with Crippen LogP contribution in [0.5, 0.6) is 0 Å². The van der Waals surface area contributed by atoms with Gasteiger partial charge in [0.25, 0.3) is 0 Å². The van der Waals surface area contributed by atoms with Crippen LogP contribution in [-0.4, -0.2) is 16.7 Å². The Bertz CT molecular complexity index is 759. The van der Waals surface area contributed by atoms with Gasteiger partial charge in [0.15, 0.2) is 0 Å². The van der Waals surface area contributed by atoms with Crippen LogP contribution >= 0.6 is 0 Å². The molecule has 0 saturated carbocycles. The van der Waals surface area contributed by atoms with E-state index in [4.69, 9.17) is 5.11 Å². The van der Waals surface area contributed by atoms with E-state index in [0.29, 0.717) is 6.42 Å². The van der Waals surface area contributed by atoms with Crippen molar-refractivity contribution in [1.29, 1.82) is 0 Å². The molecule has 1 aromatic heterocycles. The summed E-state index contributed by atoms with van der Waals surface area (Å²) >= 11 is 0. The molecule has 0 radical (unpaired) electrons. The lowest BCUT2D eigenvalue weighted by atomic mass is 10.1. The Morgan fingerprint density at radius 3 is 2.72 bits per heavy atom.